The topological polar surface area (TPSA) is 77.8 Å². The second-order valence-electron chi connectivity index (χ2n) is 8.19. The van der Waals surface area contributed by atoms with Crippen LogP contribution in [0.1, 0.15) is 16.7 Å². The molecule has 4 aromatic rings. The molecule has 1 aromatic heterocycles. The zero-order valence-electron chi connectivity index (χ0n) is 19.7. The van der Waals surface area contributed by atoms with Crippen LogP contribution in [0.4, 0.5) is 18.9 Å². The van der Waals surface area contributed by atoms with Crippen molar-refractivity contribution in [3.63, 3.8) is 0 Å². The van der Waals surface area contributed by atoms with E-state index in [9.17, 15) is 22.8 Å². The third kappa shape index (κ3) is 5.19. The molecule has 0 radical (unpaired) electrons. The van der Waals surface area contributed by atoms with E-state index in [1.54, 1.807) is 37.3 Å². The highest BCUT2D eigenvalue weighted by atomic mass is 19.4. The van der Waals surface area contributed by atoms with Crippen LogP contribution in [0.2, 0.25) is 0 Å². The molecule has 0 saturated carbocycles. The van der Waals surface area contributed by atoms with Gasteiger partial charge in [0.15, 0.2) is 12.4 Å². The lowest BCUT2D eigenvalue weighted by Gasteiger charge is -2.14. The first-order valence-corrected chi connectivity index (χ1v) is 10.9. The van der Waals surface area contributed by atoms with Crippen molar-refractivity contribution in [3.8, 4) is 22.8 Å². The third-order valence-electron chi connectivity index (χ3n) is 5.47. The summed E-state index contributed by atoms with van der Waals surface area (Å²) in [7, 11) is 1.52. The van der Waals surface area contributed by atoms with Gasteiger partial charge in [-0.15, -0.1) is 0 Å². The fourth-order valence-corrected chi connectivity index (χ4v) is 3.84. The number of halogens is 3. The molecule has 0 saturated heterocycles. The Labute approximate surface area is 204 Å². The number of carbonyl (C=O) groups excluding carboxylic acids is 1. The van der Waals surface area contributed by atoms with Crippen LogP contribution < -0.4 is 20.2 Å². The lowest BCUT2D eigenvalue weighted by atomic mass is 10.0. The molecule has 0 aliphatic heterocycles. The summed E-state index contributed by atoms with van der Waals surface area (Å²) < 4.78 is 55.8. The first-order chi connectivity index (χ1) is 17.1. The number of benzene rings is 3. The average Bonchev–Trinajstić information content (AvgIpc) is 2.82. The summed E-state index contributed by atoms with van der Waals surface area (Å²) in [6.45, 7) is 3.02. The fraction of sp³-hybridized carbons (Fsp3) is 0.185. The maximum absolute atomic E-state index is 13.4. The van der Waals surface area contributed by atoms with Gasteiger partial charge in [0.2, 0.25) is 11.2 Å². The molecule has 0 unspecified atom stereocenters. The summed E-state index contributed by atoms with van der Waals surface area (Å²) >= 11 is 0. The molecule has 4 rings (SSSR count). The van der Waals surface area contributed by atoms with E-state index in [1.165, 1.54) is 19.2 Å². The van der Waals surface area contributed by atoms with Crippen LogP contribution in [0.25, 0.3) is 22.3 Å². The Morgan fingerprint density at radius 1 is 1.03 bits per heavy atom. The van der Waals surface area contributed by atoms with Crippen LogP contribution in [-0.2, 0) is 11.0 Å². The summed E-state index contributed by atoms with van der Waals surface area (Å²) in [5.41, 5.74) is 1.05. The second-order valence-corrected chi connectivity index (χ2v) is 8.19. The highest BCUT2D eigenvalue weighted by Gasteiger charge is 2.30. The fourth-order valence-electron chi connectivity index (χ4n) is 3.84. The first kappa shape index (κ1) is 24.8. The lowest BCUT2D eigenvalue weighted by Crippen LogP contribution is -2.23. The molecule has 3 aromatic carbocycles. The number of aryl methyl sites for hydroxylation is 2. The molecule has 9 heteroatoms. The van der Waals surface area contributed by atoms with Crippen LogP contribution in [0, 0.1) is 13.8 Å². The van der Waals surface area contributed by atoms with Gasteiger partial charge >= 0.3 is 6.18 Å². The van der Waals surface area contributed by atoms with E-state index in [0.29, 0.717) is 27.8 Å². The van der Waals surface area contributed by atoms with Gasteiger partial charge < -0.3 is 19.2 Å². The van der Waals surface area contributed by atoms with Crippen LogP contribution in [0.3, 0.4) is 0 Å². The van der Waals surface area contributed by atoms with Crippen molar-refractivity contribution in [3.05, 3.63) is 87.6 Å². The maximum atomic E-state index is 13.4. The van der Waals surface area contributed by atoms with E-state index in [4.69, 9.17) is 13.9 Å². The summed E-state index contributed by atoms with van der Waals surface area (Å²) in [4.78, 5) is 25.9. The van der Waals surface area contributed by atoms with E-state index < -0.39 is 29.7 Å². The summed E-state index contributed by atoms with van der Waals surface area (Å²) in [6, 6.07) is 14.5. The number of carbonyl (C=O) groups is 1. The standard InChI is InChI=1S/C27H22F3NO5/c1-15-11-16(2)23-21(12-15)36-25(17-7-9-20(34-3)10-8-17)26(24(23)33)35-14-22(32)31-19-6-4-5-18(13-19)27(28,29)30/h4-13H,14H2,1-3H3,(H,31,32). The van der Waals surface area contributed by atoms with Crippen LogP contribution >= 0.6 is 0 Å². The Bertz CT molecular complexity index is 1490. The zero-order valence-corrected chi connectivity index (χ0v) is 19.7. The van der Waals surface area contributed by atoms with Gasteiger partial charge in [0.1, 0.15) is 11.3 Å². The number of amides is 1. The SMILES string of the molecule is COc1ccc(-c2oc3cc(C)cc(C)c3c(=O)c2OCC(=O)Nc2cccc(C(F)(F)F)c2)cc1. The number of rotatable bonds is 6. The van der Waals surface area contributed by atoms with E-state index in [0.717, 1.165) is 17.7 Å². The Morgan fingerprint density at radius 2 is 1.75 bits per heavy atom. The van der Waals surface area contributed by atoms with Crippen LogP contribution in [-0.4, -0.2) is 19.6 Å². The first-order valence-electron chi connectivity index (χ1n) is 10.9. The van der Waals surface area contributed by atoms with Crippen molar-refractivity contribution in [2.75, 3.05) is 19.0 Å². The molecule has 186 valence electrons. The van der Waals surface area contributed by atoms with Crippen LogP contribution in [0.5, 0.6) is 11.5 Å². The number of fused-ring (bicyclic) bond motifs is 1. The molecule has 0 aliphatic carbocycles. The van der Waals surface area contributed by atoms with Crippen molar-refractivity contribution >= 4 is 22.6 Å². The van der Waals surface area contributed by atoms with E-state index in [2.05, 4.69) is 5.32 Å². The van der Waals surface area contributed by atoms with Gasteiger partial charge in [-0.1, -0.05) is 12.1 Å². The predicted molar refractivity (Wildman–Crippen MR) is 130 cm³/mol. The van der Waals surface area contributed by atoms with E-state index in [-0.39, 0.29) is 17.2 Å². The molecular formula is C27H22F3NO5. The second kappa shape index (κ2) is 9.77. The minimum atomic E-state index is -4.55. The minimum Gasteiger partial charge on any atom is -0.497 e. The number of ether oxygens (including phenoxy) is 2. The molecule has 6 nitrogen and oxygen atoms in total. The molecule has 36 heavy (non-hydrogen) atoms. The molecule has 1 heterocycles. The van der Waals surface area contributed by atoms with Crippen LogP contribution in [0.15, 0.2) is 69.9 Å². The molecule has 0 bridgehead atoms. The lowest BCUT2D eigenvalue weighted by molar-refractivity contribution is -0.137. The summed E-state index contributed by atoms with van der Waals surface area (Å²) in [5, 5.41) is 2.67. The Balaban J connectivity index is 1.68. The maximum Gasteiger partial charge on any atom is 0.416 e. The third-order valence-corrected chi connectivity index (χ3v) is 5.47. The Hall–Kier alpha value is -4.27. The van der Waals surface area contributed by atoms with Gasteiger partial charge in [-0.3, -0.25) is 9.59 Å². The molecular weight excluding hydrogens is 475 g/mol. The number of nitrogens with one attached hydrogen (secondary N) is 1. The van der Waals surface area contributed by atoms with Gasteiger partial charge in [0.05, 0.1) is 18.1 Å². The smallest absolute Gasteiger partial charge is 0.416 e. The largest absolute Gasteiger partial charge is 0.497 e. The quantitative estimate of drug-likeness (QED) is 0.347. The zero-order chi connectivity index (χ0) is 26.0. The van der Waals surface area contributed by atoms with Gasteiger partial charge in [-0.2, -0.15) is 13.2 Å². The number of anilines is 1. The van der Waals surface area contributed by atoms with Gasteiger partial charge in [0.25, 0.3) is 5.91 Å². The number of methoxy groups -OCH3 is 1. The molecule has 0 spiro atoms. The van der Waals surface area contributed by atoms with Crippen molar-refractivity contribution < 1.29 is 31.9 Å². The number of hydrogen-bond donors (Lipinski definition) is 1. The Kier molecular flexibility index (Phi) is 6.74. The molecule has 0 fully saturated rings. The molecule has 0 aliphatic rings. The molecule has 1 N–H and O–H groups in total. The summed E-state index contributed by atoms with van der Waals surface area (Å²) in [5.74, 6) is -0.211. The van der Waals surface area contributed by atoms with Crippen molar-refractivity contribution in [1.29, 1.82) is 0 Å². The van der Waals surface area contributed by atoms with Gasteiger partial charge in [-0.05, 0) is 73.5 Å². The number of alkyl halides is 3. The number of hydrogen-bond acceptors (Lipinski definition) is 5. The van der Waals surface area contributed by atoms with Crippen molar-refractivity contribution in [1.82, 2.24) is 0 Å². The highest BCUT2D eigenvalue weighted by molar-refractivity contribution is 5.92. The minimum absolute atomic E-state index is 0.0503. The van der Waals surface area contributed by atoms with Crippen molar-refractivity contribution in [2.45, 2.75) is 20.0 Å². The molecule has 0 atom stereocenters. The molecule has 1 amide bonds. The normalized spacial score (nSPS) is 11.4. The summed E-state index contributed by atoms with van der Waals surface area (Å²) in [6.07, 6.45) is -4.55. The average molecular weight is 497 g/mol. The van der Waals surface area contributed by atoms with Crippen molar-refractivity contribution in [2.24, 2.45) is 0 Å². The Morgan fingerprint density at radius 3 is 2.42 bits per heavy atom. The monoisotopic (exact) mass is 497 g/mol. The highest BCUT2D eigenvalue weighted by Crippen LogP contribution is 2.34. The predicted octanol–water partition coefficient (Wildman–Crippen LogP) is 6.12. The van der Waals surface area contributed by atoms with Gasteiger partial charge in [-0.25, -0.2) is 0 Å². The van der Waals surface area contributed by atoms with E-state index >= 15 is 0 Å². The van der Waals surface area contributed by atoms with E-state index in [1.807, 2.05) is 13.0 Å². The van der Waals surface area contributed by atoms with Gasteiger partial charge in [0, 0.05) is 11.3 Å².